The Morgan fingerprint density at radius 2 is 2.19 bits per heavy atom. The first-order valence-corrected chi connectivity index (χ1v) is 5.62. The van der Waals surface area contributed by atoms with Gasteiger partial charge in [0.05, 0.1) is 16.6 Å². The predicted octanol–water partition coefficient (Wildman–Crippen LogP) is 2.14. The Morgan fingerprint density at radius 1 is 1.44 bits per heavy atom. The van der Waals surface area contributed by atoms with E-state index in [-0.39, 0.29) is 11.9 Å². The molecule has 0 aliphatic carbocycles. The summed E-state index contributed by atoms with van der Waals surface area (Å²) >= 11 is 5.95. The van der Waals surface area contributed by atoms with E-state index in [4.69, 9.17) is 11.6 Å². The maximum absolute atomic E-state index is 12.1. The maximum Gasteiger partial charge on any atom is 0.255 e. The molecular weight excluding hydrogens is 226 g/mol. The molecule has 1 aliphatic rings. The normalized spacial score (nSPS) is 19.8. The van der Waals surface area contributed by atoms with Gasteiger partial charge in [0, 0.05) is 6.54 Å². The van der Waals surface area contributed by atoms with Gasteiger partial charge in [-0.05, 0) is 25.0 Å². The van der Waals surface area contributed by atoms with E-state index in [0.29, 0.717) is 17.1 Å². The van der Waals surface area contributed by atoms with Crippen molar-refractivity contribution in [3.8, 4) is 0 Å². The Balaban J connectivity index is 2.25. The lowest BCUT2D eigenvalue weighted by Gasteiger charge is -2.20. The Kier molecular flexibility index (Phi) is 3.25. The molecule has 2 rings (SSSR count). The molecule has 1 aliphatic heterocycles. The van der Waals surface area contributed by atoms with Crippen molar-refractivity contribution in [1.82, 2.24) is 4.90 Å². The van der Waals surface area contributed by atoms with E-state index in [9.17, 15) is 9.59 Å². The first-order valence-electron chi connectivity index (χ1n) is 5.25. The summed E-state index contributed by atoms with van der Waals surface area (Å²) in [6, 6.07) is 6.63. The minimum Gasteiger partial charge on any atom is -0.329 e. The van der Waals surface area contributed by atoms with Gasteiger partial charge in [-0.15, -0.1) is 0 Å². The van der Waals surface area contributed by atoms with Gasteiger partial charge in [0.1, 0.15) is 6.29 Å². The van der Waals surface area contributed by atoms with Crippen molar-refractivity contribution in [3.05, 3.63) is 34.9 Å². The van der Waals surface area contributed by atoms with E-state index in [1.54, 1.807) is 29.2 Å². The molecule has 0 N–H and O–H groups in total. The number of nitrogens with zero attached hydrogens (tertiary/aromatic N) is 1. The van der Waals surface area contributed by atoms with E-state index in [1.165, 1.54) is 0 Å². The standard InChI is InChI=1S/C12H12ClNO2/c13-11-6-2-1-5-10(11)12(16)14-7-3-4-9(14)8-15/h1-2,5-6,8-9H,3-4,7H2. The van der Waals surface area contributed by atoms with Crippen LogP contribution in [0.2, 0.25) is 5.02 Å². The van der Waals surface area contributed by atoms with Gasteiger partial charge in [0.25, 0.3) is 5.91 Å². The van der Waals surface area contributed by atoms with Crippen LogP contribution in [0.25, 0.3) is 0 Å². The van der Waals surface area contributed by atoms with Crippen molar-refractivity contribution in [1.29, 1.82) is 0 Å². The summed E-state index contributed by atoms with van der Waals surface area (Å²) in [6.45, 7) is 0.632. The highest BCUT2D eigenvalue weighted by atomic mass is 35.5. The highest BCUT2D eigenvalue weighted by Crippen LogP contribution is 2.22. The van der Waals surface area contributed by atoms with Crippen molar-refractivity contribution in [3.63, 3.8) is 0 Å². The summed E-state index contributed by atoms with van der Waals surface area (Å²) < 4.78 is 0. The van der Waals surface area contributed by atoms with Gasteiger partial charge in [0.15, 0.2) is 0 Å². The van der Waals surface area contributed by atoms with E-state index < -0.39 is 0 Å². The molecule has 1 unspecified atom stereocenters. The second-order valence-electron chi connectivity index (χ2n) is 3.82. The summed E-state index contributed by atoms with van der Waals surface area (Å²) in [4.78, 5) is 24.5. The van der Waals surface area contributed by atoms with E-state index in [1.807, 2.05) is 0 Å². The minimum atomic E-state index is -0.288. The molecule has 0 radical (unpaired) electrons. The molecule has 84 valence electrons. The summed E-state index contributed by atoms with van der Waals surface area (Å²) in [7, 11) is 0. The zero-order valence-corrected chi connectivity index (χ0v) is 9.48. The number of halogens is 1. The fourth-order valence-corrected chi connectivity index (χ4v) is 2.19. The summed E-state index contributed by atoms with van der Waals surface area (Å²) in [6.07, 6.45) is 2.46. The molecule has 0 saturated carbocycles. The monoisotopic (exact) mass is 237 g/mol. The first kappa shape index (κ1) is 11.1. The van der Waals surface area contributed by atoms with Crippen LogP contribution in [-0.4, -0.2) is 29.7 Å². The van der Waals surface area contributed by atoms with Crippen LogP contribution >= 0.6 is 11.6 Å². The van der Waals surface area contributed by atoms with Gasteiger partial charge < -0.3 is 9.69 Å². The second kappa shape index (κ2) is 4.66. The predicted molar refractivity (Wildman–Crippen MR) is 61.6 cm³/mol. The topological polar surface area (TPSA) is 37.4 Å². The molecule has 1 saturated heterocycles. The molecule has 1 aromatic rings. The quantitative estimate of drug-likeness (QED) is 0.739. The third kappa shape index (κ3) is 1.95. The van der Waals surface area contributed by atoms with Crippen LogP contribution in [0.1, 0.15) is 23.2 Å². The molecule has 4 heteroatoms. The Labute approximate surface area is 99.0 Å². The van der Waals surface area contributed by atoms with Gasteiger partial charge >= 0.3 is 0 Å². The third-order valence-electron chi connectivity index (χ3n) is 2.82. The number of carbonyl (C=O) groups excluding carboxylic acids is 2. The largest absolute Gasteiger partial charge is 0.329 e. The molecule has 1 heterocycles. The lowest BCUT2D eigenvalue weighted by molar-refractivity contribution is -0.111. The average molecular weight is 238 g/mol. The number of likely N-dealkylation sites (tertiary alicyclic amines) is 1. The molecule has 1 amide bonds. The average Bonchev–Trinajstić information content (AvgIpc) is 2.77. The maximum atomic E-state index is 12.1. The molecule has 1 atom stereocenters. The Bertz CT molecular complexity index is 419. The minimum absolute atomic E-state index is 0.153. The molecule has 0 aromatic heterocycles. The molecule has 1 fully saturated rings. The van der Waals surface area contributed by atoms with E-state index in [0.717, 1.165) is 19.1 Å². The first-order chi connectivity index (χ1) is 7.74. The van der Waals surface area contributed by atoms with Gasteiger partial charge in [-0.1, -0.05) is 23.7 Å². The van der Waals surface area contributed by atoms with Crippen molar-refractivity contribution in [2.75, 3.05) is 6.54 Å². The van der Waals surface area contributed by atoms with Crippen LogP contribution in [0.15, 0.2) is 24.3 Å². The molecule has 3 nitrogen and oxygen atoms in total. The van der Waals surface area contributed by atoms with Crippen LogP contribution < -0.4 is 0 Å². The van der Waals surface area contributed by atoms with Crippen LogP contribution in [0.5, 0.6) is 0 Å². The van der Waals surface area contributed by atoms with Gasteiger partial charge in [0.2, 0.25) is 0 Å². The molecular formula is C12H12ClNO2. The molecule has 1 aromatic carbocycles. The number of amides is 1. The summed E-state index contributed by atoms with van der Waals surface area (Å²) in [5, 5.41) is 0.434. The van der Waals surface area contributed by atoms with Crippen LogP contribution in [0.4, 0.5) is 0 Å². The second-order valence-corrected chi connectivity index (χ2v) is 4.23. The number of benzene rings is 1. The van der Waals surface area contributed by atoms with Crippen molar-refractivity contribution in [2.24, 2.45) is 0 Å². The highest BCUT2D eigenvalue weighted by molar-refractivity contribution is 6.33. The number of carbonyl (C=O) groups is 2. The van der Waals surface area contributed by atoms with E-state index in [2.05, 4.69) is 0 Å². The number of aldehydes is 1. The number of hydrogen-bond donors (Lipinski definition) is 0. The van der Waals surface area contributed by atoms with Crippen molar-refractivity contribution < 1.29 is 9.59 Å². The highest BCUT2D eigenvalue weighted by Gasteiger charge is 2.29. The summed E-state index contributed by atoms with van der Waals surface area (Å²) in [5.74, 6) is -0.153. The smallest absolute Gasteiger partial charge is 0.255 e. The summed E-state index contributed by atoms with van der Waals surface area (Å²) in [5.41, 5.74) is 0.470. The number of hydrogen-bond acceptors (Lipinski definition) is 2. The zero-order valence-electron chi connectivity index (χ0n) is 8.73. The van der Waals surface area contributed by atoms with Gasteiger partial charge in [-0.2, -0.15) is 0 Å². The van der Waals surface area contributed by atoms with E-state index >= 15 is 0 Å². The molecule has 0 spiro atoms. The van der Waals surface area contributed by atoms with Crippen LogP contribution in [0.3, 0.4) is 0 Å². The molecule has 16 heavy (non-hydrogen) atoms. The molecule has 0 bridgehead atoms. The fraction of sp³-hybridized carbons (Fsp3) is 0.333. The third-order valence-corrected chi connectivity index (χ3v) is 3.15. The lowest BCUT2D eigenvalue weighted by atomic mass is 10.2. The SMILES string of the molecule is O=CC1CCCN1C(=O)c1ccccc1Cl. The van der Waals surface area contributed by atoms with Gasteiger partial charge in [-0.3, -0.25) is 4.79 Å². The Morgan fingerprint density at radius 3 is 2.88 bits per heavy atom. The lowest BCUT2D eigenvalue weighted by Crippen LogP contribution is -2.36. The van der Waals surface area contributed by atoms with Gasteiger partial charge in [-0.25, -0.2) is 0 Å². The number of rotatable bonds is 2. The Hall–Kier alpha value is -1.35. The van der Waals surface area contributed by atoms with Crippen molar-refractivity contribution in [2.45, 2.75) is 18.9 Å². The zero-order chi connectivity index (χ0) is 11.5. The fourth-order valence-electron chi connectivity index (χ4n) is 1.98. The van der Waals surface area contributed by atoms with Crippen LogP contribution in [0, 0.1) is 0 Å². The van der Waals surface area contributed by atoms with Crippen LogP contribution in [-0.2, 0) is 4.79 Å². The van der Waals surface area contributed by atoms with Crippen molar-refractivity contribution >= 4 is 23.8 Å².